The number of nitro groups is 1. The normalized spacial score (nSPS) is 24.1. The number of hydrogen-bond acceptors (Lipinski definition) is 5. The van der Waals surface area contributed by atoms with Gasteiger partial charge in [-0.3, -0.25) is 10.1 Å². The van der Waals surface area contributed by atoms with E-state index in [1.807, 2.05) is 19.1 Å². The number of nitrogens with one attached hydrogen (secondary N) is 1. The molecule has 0 aromatic heterocycles. The molecule has 2 heterocycles. The second kappa shape index (κ2) is 5.89. The van der Waals surface area contributed by atoms with Crippen LogP contribution >= 0.6 is 0 Å². The molecular weight excluding hydrogens is 270 g/mol. The fourth-order valence-electron chi connectivity index (χ4n) is 3.33. The van der Waals surface area contributed by atoms with Gasteiger partial charge in [-0.25, -0.2) is 0 Å². The van der Waals surface area contributed by atoms with E-state index in [1.54, 1.807) is 6.07 Å². The molecule has 1 aromatic carbocycles. The monoisotopic (exact) mass is 291 g/mol. The Morgan fingerprint density at radius 3 is 3.10 bits per heavy atom. The summed E-state index contributed by atoms with van der Waals surface area (Å²) in [6.45, 7) is 5.57. The maximum Gasteiger partial charge on any atom is 0.311 e. The molecule has 2 aliphatic heterocycles. The molecule has 2 aliphatic rings. The summed E-state index contributed by atoms with van der Waals surface area (Å²) in [5.74, 6) is 1.08. The molecule has 3 rings (SSSR count). The third-order valence-electron chi connectivity index (χ3n) is 4.38. The Hall–Kier alpha value is -1.82. The topological polar surface area (TPSA) is 67.6 Å². The van der Waals surface area contributed by atoms with Crippen LogP contribution in [0.1, 0.15) is 19.8 Å². The lowest BCUT2D eigenvalue weighted by Crippen LogP contribution is -2.34. The highest BCUT2D eigenvalue weighted by Gasteiger charge is 2.37. The van der Waals surface area contributed by atoms with Crippen molar-refractivity contribution in [1.82, 2.24) is 5.32 Å². The molecule has 0 radical (unpaired) electrons. The molecule has 6 nitrogen and oxygen atoms in total. The molecule has 6 heteroatoms. The molecule has 0 amide bonds. The Kier molecular flexibility index (Phi) is 3.96. The second-order valence-corrected chi connectivity index (χ2v) is 5.73. The average molecular weight is 291 g/mol. The van der Waals surface area contributed by atoms with Crippen LogP contribution in [-0.2, 0) is 0 Å². The van der Waals surface area contributed by atoms with Gasteiger partial charge in [0.2, 0.25) is 0 Å². The zero-order chi connectivity index (χ0) is 14.8. The first-order chi connectivity index (χ1) is 10.2. The van der Waals surface area contributed by atoms with Crippen LogP contribution in [0, 0.1) is 16.0 Å². The van der Waals surface area contributed by atoms with E-state index in [-0.39, 0.29) is 10.6 Å². The van der Waals surface area contributed by atoms with Gasteiger partial charge in [0.15, 0.2) is 5.75 Å². The zero-order valence-corrected chi connectivity index (χ0v) is 12.2. The van der Waals surface area contributed by atoms with Crippen molar-refractivity contribution in [2.45, 2.75) is 25.8 Å². The number of rotatable bonds is 5. The number of nitrogens with zero attached hydrogens (tertiary/aromatic N) is 2. The molecule has 2 fully saturated rings. The van der Waals surface area contributed by atoms with Crippen molar-refractivity contribution in [2.75, 3.05) is 31.1 Å². The van der Waals surface area contributed by atoms with E-state index in [9.17, 15) is 10.1 Å². The first-order valence-electron chi connectivity index (χ1n) is 7.59. The van der Waals surface area contributed by atoms with Gasteiger partial charge in [-0.05, 0) is 24.8 Å². The first kappa shape index (κ1) is 14.1. The minimum absolute atomic E-state index is 0.0486. The number of benzene rings is 1. The minimum atomic E-state index is -0.376. The van der Waals surface area contributed by atoms with Gasteiger partial charge in [0, 0.05) is 43.5 Å². The van der Waals surface area contributed by atoms with Crippen molar-refractivity contribution in [3.63, 3.8) is 0 Å². The van der Waals surface area contributed by atoms with Gasteiger partial charge in [0.25, 0.3) is 0 Å². The van der Waals surface area contributed by atoms with Crippen LogP contribution in [0.25, 0.3) is 0 Å². The molecule has 0 bridgehead atoms. The number of hydrogen-bond donors (Lipinski definition) is 1. The van der Waals surface area contributed by atoms with Crippen LogP contribution in [0.15, 0.2) is 18.2 Å². The Morgan fingerprint density at radius 1 is 1.48 bits per heavy atom. The Balaban J connectivity index is 1.87. The summed E-state index contributed by atoms with van der Waals surface area (Å²) in [5.41, 5.74) is 1.08. The Bertz CT molecular complexity index is 535. The highest BCUT2D eigenvalue weighted by atomic mass is 16.6. The van der Waals surface area contributed by atoms with Crippen LogP contribution in [-0.4, -0.2) is 37.2 Å². The number of ether oxygens (including phenoxy) is 1. The van der Waals surface area contributed by atoms with E-state index in [2.05, 4.69) is 10.2 Å². The second-order valence-electron chi connectivity index (χ2n) is 5.73. The fourth-order valence-corrected chi connectivity index (χ4v) is 3.33. The van der Waals surface area contributed by atoms with Crippen molar-refractivity contribution >= 4 is 11.4 Å². The van der Waals surface area contributed by atoms with Gasteiger partial charge in [-0.15, -0.1) is 0 Å². The van der Waals surface area contributed by atoms with Crippen molar-refractivity contribution in [3.05, 3.63) is 28.3 Å². The standard InChI is InChI=1S/C15H21N3O3/c1-2-7-21-15-8-12(3-4-13(15)18(19)20)17-6-5-11-9-16-10-14(11)17/h3-4,8,11,14,16H,2,5-7,9-10H2,1H3/t11-,14+/m0/s1. The lowest BCUT2D eigenvalue weighted by molar-refractivity contribution is -0.385. The van der Waals surface area contributed by atoms with Crippen LogP contribution in [0.5, 0.6) is 5.75 Å². The molecule has 21 heavy (non-hydrogen) atoms. The zero-order valence-electron chi connectivity index (χ0n) is 12.2. The summed E-state index contributed by atoms with van der Waals surface area (Å²) in [6.07, 6.45) is 2.01. The third-order valence-corrected chi connectivity index (χ3v) is 4.38. The van der Waals surface area contributed by atoms with E-state index < -0.39 is 0 Å². The van der Waals surface area contributed by atoms with Crippen molar-refractivity contribution in [2.24, 2.45) is 5.92 Å². The van der Waals surface area contributed by atoms with Crippen molar-refractivity contribution in [1.29, 1.82) is 0 Å². The summed E-state index contributed by atoms with van der Waals surface area (Å²) in [7, 11) is 0. The average Bonchev–Trinajstić information content (AvgIpc) is 3.07. The SMILES string of the molecule is CCCOc1cc(N2CC[C@H]3CNC[C@H]32)ccc1[N+](=O)[O-]. The van der Waals surface area contributed by atoms with Crippen molar-refractivity contribution in [3.8, 4) is 5.75 Å². The summed E-state index contributed by atoms with van der Waals surface area (Å²) in [6, 6.07) is 5.74. The fraction of sp³-hybridized carbons (Fsp3) is 0.600. The predicted molar refractivity (Wildman–Crippen MR) is 81.0 cm³/mol. The lowest BCUT2D eigenvalue weighted by Gasteiger charge is -2.26. The van der Waals surface area contributed by atoms with Crippen LogP contribution in [0.4, 0.5) is 11.4 Å². The van der Waals surface area contributed by atoms with Gasteiger partial charge in [0.1, 0.15) is 0 Å². The quantitative estimate of drug-likeness (QED) is 0.665. The summed E-state index contributed by atoms with van der Waals surface area (Å²) in [5, 5.41) is 14.5. The number of fused-ring (bicyclic) bond motifs is 1. The van der Waals surface area contributed by atoms with E-state index in [4.69, 9.17) is 4.74 Å². The van der Waals surface area contributed by atoms with E-state index >= 15 is 0 Å². The molecule has 0 saturated carbocycles. The maximum absolute atomic E-state index is 11.1. The van der Waals surface area contributed by atoms with Gasteiger partial charge in [0.05, 0.1) is 11.5 Å². The molecular formula is C15H21N3O3. The molecule has 2 saturated heterocycles. The number of nitro benzene ring substituents is 1. The van der Waals surface area contributed by atoms with Crippen molar-refractivity contribution < 1.29 is 9.66 Å². The highest BCUT2D eigenvalue weighted by molar-refractivity contribution is 5.60. The Labute approximate surface area is 124 Å². The van der Waals surface area contributed by atoms with E-state index in [1.165, 1.54) is 6.42 Å². The molecule has 0 aliphatic carbocycles. The molecule has 1 aromatic rings. The van der Waals surface area contributed by atoms with E-state index in [0.717, 1.165) is 31.7 Å². The molecule has 1 N–H and O–H groups in total. The molecule has 114 valence electrons. The van der Waals surface area contributed by atoms with Gasteiger partial charge in [-0.1, -0.05) is 6.92 Å². The smallest absolute Gasteiger partial charge is 0.311 e. The largest absolute Gasteiger partial charge is 0.487 e. The summed E-state index contributed by atoms with van der Waals surface area (Å²) < 4.78 is 5.58. The third kappa shape index (κ3) is 2.68. The molecule has 0 spiro atoms. The van der Waals surface area contributed by atoms with Gasteiger partial charge >= 0.3 is 5.69 Å². The number of anilines is 1. The van der Waals surface area contributed by atoms with E-state index in [0.29, 0.717) is 24.3 Å². The highest BCUT2D eigenvalue weighted by Crippen LogP contribution is 2.37. The maximum atomic E-state index is 11.1. The summed E-state index contributed by atoms with van der Waals surface area (Å²) >= 11 is 0. The lowest BCUT2D eigenvalue weighted by atomic mass is 10.0. The first-order valence-corrected chi connectivity index (χ1v) is 7.59. The van der Waals surface area contributed by atoms with Crippen LogP contribution < -0.4 is 15.0 Å². The minimum Gasteiger partial charge on any atom is -0.487 e. The van der Waals surface area contributed by atoms with Gasteiger partial charge in [-0.2, -0.15) is 0 Å². The van der Waals surface area contributed by atoms with Gasteiger partial charge < -0.3 is 15.0 Å². The molecule has 0 unspecified atom stereocenters. The Morgan fingerprint density at radius 2 is 2.33 bits per heavy atom. The van der Waals surface area contributed by atoms with Crippen LogP contribution in [0.3, 0.4) is 0 Å². The predicted octanol–water partition coefficient (Wildman–Crippen LogP) is 2.18. The summed E-state index contributed by atoms with van der Waals surface area (Å²) in [4.78, 5) is 13.1. The van der Waals surface area contributed by atoms with Crippen LogP contribution in [0.2, 0.25) is 0 Å². The molecule has 2 atom stereocenters.